The molecule has 2 aromatic rings. The lowest BCUT2D eigenvalue weighted by Gasteiger charge is -2.22. The Morgan fingerprint density at radius 2 is 2.22 bits per heavy atom. The summed E-state index contributed by atoms with van der Waals surface area (Å²) in [5.41, 5.74) is 7.47. The van der Waals surface area contributed by atoms with Gasteiger partial charge in [0.2, 0.25) is 0 Å². The normalized spacial score (nSPS) is 14.4. The number of H-pyrrole nitrogens is 1. The van der Waals surface area contributed by atoms with Crippen molar-refractivity contribution in [2.75, 3.05) is 0 Å². The zero-order valence-corrected chi connectivity index (χ0v) is 12.5. The fraction of sp³-hybridized carbons (Fsp3) is 0.308. The number of aromatic nitrogens is 2. The molecule has 2 unspecified atom stereocenters. The van der Waals surface area contributed by atoms with Crippen molar-refractivity contribution in [1.29, 1.82) is 0 Å². The number of hydrogen-bond acceptors (Lipinski definition) is 3. The van der Waals surface area contributed by atoms with E-state index in [1.807, 2.05) is 24.4 Å². The average molecular weight is 326 g/mol. The van der Waals surface area contributed by atoms with Crippen molar-refractivity contribution >= 4 is 27.7 Å². The van der Waals surface area contributed by atoms with E-state index >= 15 is 0 Å². The van der Waals surface area contributed by atoms with E-state index in [9.17, 15) is 0 Å². The third-order valence-corrected chi connectivity index (χ3v) is 4.81. The highest BCUT2D eigenvalue weighted by Crippen LogP contribution is 2.39. The smallest absolute Gasteiger partial charge is 0.165 e. The van der Waals surface area contributed by atoms with Crippen LogP contribution < -0.4 is 5.73 Å². The van der Waals surface area contributed by atoms with Crippen LogP contribution in [0.5, 0.6) is 0 Å². The number of halogens is 1. The summed E-state index contributed by atoms with van der Waals surface area (Å²) in [7, 11) is 0. The highest BCUT2D eigenvalue weighted by atomic mass is 79.9. The predicted molar refractivity (Wildman–Crippen MR) is 79.6 cm³/mol. The third-order valence-electron chi connectivity index (χ3n) is 2.78. The molecule has 96 valence electrons. The van der Waals surface area contributed by atoms with Crippen LogP contribution in [0.4, 0.5) is 0 Å². The maximum absolute atomic E-state index is 6.25. The molecule has 0 spiro atoms. The van der Waals surface area contributed by atoms with Crippen molar-refractivity contribution in [2.45, 2.75) is 29.8 Å². The number of nitrogens with two attached hydrogens (primary N) is 1. The Morgan fingerprint density at radius 3 is 2.83 bits per heavy atom. The maximum atomic E-state index is 6.25. The first-order valence-electron chi connectivity index (χ1n) is 5.88. The minimum absolute atomic E-state index is 0.0961. The van der Waals surface area contributed by atoms with Gasteiger partial charge in [-0.15, -0.1) is 0 Å². The summed E-state index contributed by atoms with van der Waals surface area (Å²) in [5.74, 6) is 0. The van der Waals surface area contributed by atoms with E-state index in [0.717, 1.165) is 16.0 Å². The number of nitrogens with one attached hydrogen (secondary N) is 1. The average Bonchev–Trinajstić information content (AvgIpc) is 2.89. The standard InChI is InChI=1S/C13H16BrN3S/c1-2-11(15)12(18-13-16-7-8-17-13)9-5-3-4-6-10(9)14/h3-8,11-12H,2,15H2,1H3,(H,16,17). The molecule has 18 heavy (non-hydrogen) atoms. The van der Waals surface area contributed by atoms with Crippen LogP contribution in [0.1, 0.15) is 24.2 Å². The summed E-state index contributed by atoms with van der Waals surface area (Å²) >= 11 is 5.27. The molecule has 0 saturated heterocycles. The first-order valence-corrected chi connectivity index (χ1v) is 7.55. The molecule has 0 saturated carbocycles. The van der Waals surface area contributed by atoms with Crippen molar-refractivity contribution < 1.29 is 0 Å². The van der Waals surface area contributed by atoms with Gasteiger partial charge in [0.25, 0.3) is 0 Å². The Balaban J connectivity index is 2.28. The number of thioether (sulfide) groups is 1. The van der Waals surface area contributed by atoms with Gasteiger partial charge in [-0.2, -0.15) is 0 Å². The van der Waals surface area contributed by atoms with Gasteiger partial charge in [0.15, 0.2) is 5.16 Å². The van der Waals surface area contributed by atoms with Crippen molar-refractivity contribution in [2.24, 2.45) is 5.73 Å². The van der Waals surface area contributed by atoms with Gasteiger partial charge in [-0.3, -0.25) is 0 Å². The van der Waals surface area contributed by atoms with E-state index in [1.165, 1.54) is 5.56 Å². The monoisotopic (exact) mass is 325 g/mol. The zero-order chi connectivity index (χ0) is 13.0. The van der Waals surface area contributed by atoms with E-state index in [0.29, 0.717) is 0 Å². The van der Waals surface area contributed by atoms with Crippen molar-refractivity contribution in [3.8, 4) is 0 Å². The second kappa shape index (κ2) is 6.41. The summed E-state index contributed by atoms with van der Waals surface area (Å²) < 4.78 is 1.10. The van der Waals surface area contributed by atoms with E-state index in [-0.39, 0.29) is 11.3 Å². The highest BCUT2D eigenvalue weighted by Gasteiger charge is 2.22. The minimum atomic E-state index is 0.0961. The molecule has 1 heterocycles. The zero-order valence-electron chi connectivity index (χ0n) is 10.1. The molecule has 0 bridgehead atoms. The SMILES string of the molecule is CCC(N)C(Sc1ncc[nH]1)c1ccccc1Br. The number of benzene rings is 1. The van der Waals surface area contributed by atoms with Crippen LogP contribution in [0.15, 0.2) is 46.3 Å². The summed E-state index contributed by atoms with van der Waals surface area (Å²) in [6.45, 7) is 2.11. The first-order chi connectivity index (χ1) is 8.72. The fourth-order valence-corrected chi connectivity index (χ4v) is 3.62. The first kappa shape index (κ1) is 13.6. The summed E-state index contributed by atoms with van der Waals surface area (Å²) in [4.78, 5) is 7.38. The second-order valence-electron chi connectivity index (χ2n) is 4.03. The van der Waals surface area contributed by atoms with E-state index in [1.54, 1.807) is 18.0 Å². The Bertz CT molecular complexity index is 487. The number of aromatic amines is 1. The molecule has 2 rings (SSSR count). The lowest BCUT2D eigenvalue weighted by atomic mass is 10.0. The van der Waals surface area contributed by atoms with Crippen LogP contribution in [0.3, 0.4) is 0 Å². The van der Waals surface area contributed by atoms with Gasteiger partial charge in [0.05, 0.1) is 5.25 Å². The number of rotatable bonds is 5. The largest absolute Gasteiger partial charge is 0.340 e. The molecule has 2 atom stereocenters. The molecular formula is C13H16BrN3S. The lowest BCUT2D eigenvalue weighted by Crippen LogP contribution is -2.26. The number of nitrogens with zero attached hydrogens (tertiary/aromatic N) is 1. The lowest BCUT2D eigenvalue weighted by molar-refractivity contribution is 0.631. The molecule has 1 aromatic carbocycles. The van der Waals surface area contributed by atoms with Gasteiger partial charge in [-0.1, -0.05) is 52.8 Å². The van der Waals surface area contributed by atoms with Crippen LogP contribution in [0, 0.1) is 0 Å². The molecule has 0 fully saturated rings. The molecule has 0 aliphatic heterocycles. The molecular weight excluding hydrogens is 310 g/mol. The third kappa shape index (κ3) is 3.16. The molecule has 5 heteroatoms. The molecule has 3 nitrogen and oxygen atoms in total. The molecule has 1 aromatic heterocycles. The second-order valence-corrected chi connectivity index (χ2v) is 6.01. The summed E-state index contributed by atoms with van der Waals surface area (Å²) in [5, 5.41) is 1.09. The van der Waals surface area contributed by atoms with Gasteiger partial charge < -0.3 is 10.7 Å². The molecule has 0 aliphatic rings. The van der Waals surface area contributed by atoms with Gasteiger partial charge in [0, 0.05) is 22.9 Å². The van der Waals surface area contributed by atoms with Crippen molar-refractivity contribution in [3.05, 3.63) is 46.7 Å². The molecule has 3 N–H and O–H groups in total. The molecule has 0 radical (unpaired) electrons. The predicted octanol–water partition coefficient (Wildman–Crippen LogP) is 3.74. The Kier molecular flexibility index (Phi) is 4.86. The van der Waals surface area contributed by atoms with Crippen molar-refractivity contribution in [3.63, 3.8) is 0 Å². The van der Waals surface area contributed by atoms with Crippen LogP contribution >= 0.6 is 27.7 Å². The Labute approximate surface area is 120 Å². The molecule has 0 amide bonds. The Hall–Kier alpha value is -0.780. The quantitative estimate of drug-likeness (QED) is 0.823. The van der Waals surface area contributed by atoms with Crippen LogP contribution in [-0.2, 0) is 0 Å². The van der Waals surface area contributed by atoms with Crippen LogP contribution in [0.25, 0.3) is 0 Å². The summed E-state index contributed by atoms with van der Waals surface area (Å²) in [6, 6.07) is 8.31. The highest BCUT2D eigenvalue weighted by molar-refractivity contribution is 9.10. The van der Waals surface area contributed by atoms with E-state index in [4.69, 9.17) is 5.73 Å². The van der Waals surface area contributed by atoms with Crippen LogP contribution in [0.2, 0.25) is 0 Å². The van der Waals surface area contributed by atoms with Gasteiger partial charge >= 0.3 is 0 Å². The summed E-state index contributed by atoms with van der Waals surface area (Å²) in [6.07, 6.45) is 4.52. The molecule has 0 aliphatic carbocycles. The maximum Gasteiger partial charge on any atom is 0.165 e. The van der Waals surface area contributed by atoms with Gasteiger partial charge in [-0.25, -0.2) is 4.98 Å². The Morgan fingerprint density at radius 1 is 1.44 bits per heavy atom. The number of imidazole rings is 1. The van der Waals surface area contributed by atoms with Crippen molar-refractivity contribution in [1.82, 2.24) is 9.97 Å². The van der Waals surface area contributed by atoms with Gasteiger partial charge in [0.1, 0.15) is 0 Å². The van der Waals surface area contributed by atoms with E-state index in [2.05, 4.69) is 38.9 Å². The number of hydrogen-bond donors (Lipinski definition) is 2. The van der Waals surface area contributed by atoms with E-state index < -0.39 is 0 Å². The van der Waals surface area contributed by atoms with Crippen LogP contribution in [-0.4, -0.2) is 16.0 Å². The van der Waals surface area contributed by atoms with Gasteiger partial charge in [-0.05, 0) is 18.1 Å². The topological polar surface area (TPSA) is 54.7 Å². The fourth-order valence-electron chi connectivity index (χ4n) is 1.74. The minimum Gasteiger partial charge on any atom is -0.340 e.